The van der Waals surface area contributed by atoms with E-state index < -0.39 is 0 Å². The van der Waals surface area contributed by atoms with Crippen molar-refractivity contribution in [2.45, 2.75) is 52.0 Å². The molecule has 1 amide bonds. The van der Waals surface area contributed by atoms with Gasteiger partial charge in [0.15, 0.2) is 0 Å². The van der Waals surface area contributed by atoms with Gasteiger partial charge >= 0.3 is 5.97 Å². The Morgan fingerprint density at radius 1 is 1.23 bits per heavy atom. The quantitative estimate of drug-likeness (QED) is 0.837. The Labute approximate surface area is 153 Å². The van der Waals surface area contributed by atoms with Crippen molar-refractivity contribution in [3.05, 3.63) is 46.8 Å². The molecule has 1 aromatic heterocycles. The number of carbonyl (C=O) groups is 2. The molecule has 6 nitrogen and oxygen atoms in total. The molecule has 3 rings (SSSR count). The largest absolute Gasteiger partial charge is 0.469 e. The first-order chi connectivity index (χ1) is 12.5. The predicted molar refractivity (Wildman–Crippen MR) is 98.1 cm³/mol. The van der Waals surface area contributed by atoms with Crippen LogP contribution in [0.15, 0.2) is 24.4 Å². The summed E-state index contributed by atoms with van der Waals surface area (Å²) in [5.74, 6) is -0.500. The SMILES string of the molecule is COC(=O)CCC(=O)N[C@H]1CCCc2c1cnn2-c1cc(C)cc(C)c1. The van der Waals surface area contributed by atoms with Crippen molar-refractivity contribution in [2.75, 3.05) is 7.11 Å². The highest BCUT2D eigenvalue weighted by molar-refractivity contribution is 5.81. The second kappa shape index (κ2) is 7.72. The minimum Gasteiger partial charge on any atom is -0.469 e. The smallest absolute Gasteiger partial charge is 0.306 e. The molecular formula is C20H25N3O3. The second-order valence-corrected chi connectivity index (χ2v) is 6.89. The molecule has 1 atom stereocenters. The van der Waals surface area contributed by atoms with Crippen molar-refractivity contribution < 1.29 is 14.3 Å². The molecule has 1 heterocycles. The number of fused-ring (bicyclic) bond motifs is 1. The number of amides is 1. The summed E-state index contributed by atoms with van der Waals surface area (Å²) >= 11 is 0. The molecule has 138 valence electrons. The van der Waals surface area contributed by atoms with Crippen LogP contribution in [0.3, 0.4) is 0 Å². The number of rotatable bonds is 5. The van der Waals surface area contributed by atoms with Crippen LogP contribution in [0, 0.1) is 13.8 Å². The fourth-order valence-corrected chi connectivity index (χ4v) is 3.59. The Morgan fingerprint density at radius 3 is 2.65 bits per heavy atom. The number of esters is 1. The lowest BCUT2D eigenvalue weighted by Crippen LogP contribution is -2.31. The highest BCUT2D eigenvalue weighted by Crippen LogP contribution is 2.31. The number of hydrogen-bond donors (Lipinski definition) is 1. The molecule has 26 heavy (non-hydrogen) atoms. The van der Waals surface area contributed by atoms with Crippen molar-refractivity contribution in [1.82, 2.24) is 15.1 Å². The molecule has 0 saturated carbocycles. The van der Waals surface area contributed by atoms with Gasteiger partial charge in [-0.2, -0.15) is 5.10 Å². The van der Waals surface area contributed by atoms with Crippen molar-refractivity contribution in [3.8, 4) is 5.69 Å². The van der Waals surface area contributed by atoms with Gasteiger partial charge in [-0.1, -0.05) is 6.07 Å². The van der Waals surface area contributed by atoms with Crippen molar-refractivity contribution in [1.29, 1.82) is 0 Å². The number of nitrogens with one attached hydrogen (secondary N) is 1. The molecule has 0 fully saturated rings. The predicted octanol–water partition coefficient (Wildman–Crippen LogP) is 2.94. The lowest BCUT2D eigenvalue weighted by molar-refractivity contribution is -0.142. The number of hydrogen-bond acceptors (Lipinski definition) is 4. The number of nitrogens with zero attached hydrogens (tertiary/aromatic N) is 2. The summed E-state index contributed by atoms with van der Waals surface area (Å²) in [4.78, 5) is 23.4. The topological polar surface area (TPSA) is 73.2 Å². The van der Waals surface area contributed by atoms with Gasteiger partial charge in [0, 0.05) is 17.7 Å². The highest BCUT2D eigenvalue weighted by Gasteiger charge is 2.26. The molecule has 1 aromatic carbocycles. The van der Waals surface area contributed by atoms with Crippen LogP contribution in [0.2, 0.25) is 0 Å². The molecule has 0 radical (unpaired) electrons. The van der Waals surface area contributed by atoms with Crippen LogP contribution >= 0.6 is 0 Å². The minimum absolute atomic E-state index is 0.0523. The Morgan fingerprint density at radius 2 is 1.96 bits per heavy atom. The average Bonchev–Trinajstić information content (AvgIpc) is 3.04. The number of methoxy groups -OCH3 is 1. The van der Waals surface area contributed by atoms with Gasteiger partial charge in [0.05, 0.1) is 31.5 Å². The molecule has 6 heteroatoms. The molecule has 0 saturated heterocycles. The summed E-state index contributed by atoms with van der Waals surface area (Å²) in [6.07, 6.45) is 4.92. The summed E-state index contributed by atoms with van der Waals surface area (Å²) in [6.45, 7) is 4.16. The van der Waals surface area contributed by atoms with E-state index in [-0.39, 0.29) is 30.8 Å². The summed E-state index contributed by atoms with van der Waals surface area (Å²) in [5, 5.41) is 7.63. The van der Waals surface area contributed by atoms with Gasteiger partial charge in [-0.15, -0.1) is 0 Å². The molecule has 0 aliphatic heterocycles. The number of aromatic nitrogens is 2. The number of aryl methyl sites for hydroxylation is 2. The van der Waals surface area contributed by atoms with Crippen LogP contribution in [0.25, 0.3) is 5.69 Å². The third-order valence-electron chi connectivity index (χ3n) is 4.75. The van der Waals surface area contributed by atoms with Gasteiger partial charge < -0.3 is 10.1 Å². The Balaban J connectivity index is 1.78. The second-order valence-electron chi connectivity index (χ2n) is 6.89. The molecule has 2 aromatic rings. The monoisotopic (exact) mass is 355 g/mol. The van der Waals surface area contributed by atoms with Crippen LogP contribution in [0.4, 0.5) is 0 Å². The zero-order valence-electron chi connectivity index (χ0n) is 15.5. The maximum absolute atomic E-state index is 12.2. The van der Waals surface area contributed by atoms with Crippen molar-refractivity contribution >= 4 is 11.9 Å². The van der Waals surface area contributed by atoms with E-state index >= 15 is 0 Å². The van der Waals surface area contributed by atoms with Crippen LogP contribution in [-0.4, -0.2) is 28.8 Å². The molecular weight excluding hydrogens is 330 g/mol. The molecule has 0 spiro atoms. The Hall–Kier alpha value is -2.63. The van der Waals surface area contributed by atoms with Gasteiger partial charge in [-0.25, -0.2) is 4.68 Å². The van der Waals surface area contributed by atoms with E-state index in [1.165, 1.54) is 18.2 Å². The fourth-order valence-electron chi connectivity index (χ4n) is 3.59. The molecule has 0 unspecified atom stereocenters. The van der Waals surface area contributed by atoms with E-state index in [0.717, 1.165) is 36.2 Å². The Bertz CT molecular complexity index is 805. The van der Waals surface area contributed by atoms with Crippen molar-refractivity contribution in [2.24, 2.45) is 0 Å². The van der Waals surface area contributed by atoms with E-state index in [9.17, 15) is 9.59 Å². The van der Waals surface area contributed by atoms with Crippen LogP contribution in [0.5, 0.6) is 0 Å². The van der Waals surface area contributed by atoms with Gasteiger partial charge in [0.2, 0.25) is 5.91 Å². The third kappa shape index (κ3) is 3.95. The van der Waals surface area contributed by atoms with E-state index in [4.69, 9.17) is 0 Å². The third-order valence-corrected chi connectivity index (χ3v) is 4.75. The summed E-state index contributed by atoms with van der Waals surface area (Å²) in [7, 11) is 1.33. The number of carbonyl (C=O) groups excluding carboxylic acids is 2. The van der Waals surface area contributed by atoms with E-state index in [1.807, 2.05) is 10.9 Å². The van der Waals surface area contributed by atoms with Crippen molar-refractivity contribution in [3.63, 3.8) is 0 Å². The maximum atomic E-state index is 12.2. The molecule has 0 bridgehead atoms. The van der Waals surface area contributed by atoms with Crippen LogP contribution in [-0.2, 0) is 20.7 Å². The lowest BCUT2D eigenvalue weighted by atomic mass is 9.92. The summed E-state index contributed by atoms with van der Waals surface area (Å²) in [6, 6.07) is 6.34. The standard InChI is InChI=1S/C20H25N3O3/c1-13-9-14(2)11-15(10-13)23-18-6-4-5-17(16(18)12-21-23)22-19(24)7-8-20(25)26-3/h9-12,17H,4-8H2,1-3H3,(H,22,24)/t17-/m0/s1. The van der Waals surface area contributed by atoms with E-state index in [2.05, 4.69) is 47.2 Å². The summed E-state index contributed by atoms with van der Waals surface area (Å²) < 4.78 is 6.57. The number of benzene rings is 1. The first-order valence-corrected chi connectivity index (χ1v) is 8.99. The maximum Gasteiger partial charge on any atom is 0.306 e. The zero-order chi connectivity index (χ0) is 18.7. The minimum atomic E-state index is -0.368. The first kappa shape index (κ1) is 18.2. The summed E-state index contributed by atoms with van der Waals surface area (Å²) in [5.41, 5.74) is 5.68. The van der Waals surface area contributed by atoms with Crippen LogP contribution in [0.1, 0.15) is 54.1 Å². The van der Waals surface area contributed by atoms with E-state index in [0.29, 0.717) is 0 Å². The molecule has 1 aliphatic rings. The zero-order valence-corrected chi connectivity index (χ0v) is 15.5. The van der Waals surface area contributed by atoms with Gasteiger partial charge in [0.1, 0.15) is 0 Å². The Kier molecular flexibility index (Phi) is 5.40. The molecule has 1 N–H and O–H groups in total. The fraction of sp³-hybridized carbons (Fsp3) is 0.450. The van der Waals surface area contributed by atoms with Gasteiger partial charge in [-0.3, -0.25) is 9.59 Å². The lowest BCUT2D eigenvalue weighted by Gasteiger charge is -2.24. The van der Waals surface area contributed by atoms with Gasteiger partial charge in [-0.05, 0) is 56.4 Å². The average molecular weight is 355 g/mol. The van der Waals surface area contributed by atoms with Gasteiger partial charge in [0.25, 0.3) is 0 Å². The first-order valence-electron chi connectivity index (χ1n) is 8.99. The van der Waals surface area contributed by atoms with E-state index in [1.54, 1.807) is 0 Å². The number of ether oxygens (including phenoxy) is 1. The normalized spacial score (nSPS) is 16.0. The highest BCUT2D eigenvalue weighted by atomic mass is 16.5. The molecule has 1 aliphatic carbocycles. The van der Waals surface area contributed by atoms with Crippen LogP contribution < -0.4 is 5.32 Å².